The van der Waals surface area contributed by atoms with Crippen LogP contribution in [0.2, 0.25) is 0 Å². The second-order valence-electron chi connectivity index (χ2n) is 4.77. The van der Waals surface area contributed by atoms with Gasteiger partial charge in [-0.25, -0.2) is 8.78 Å². The second kappa shape index (κ2) is 10.8. The number of hydrogen-bond acceptors (Lipinski definition) is 3. The molecule has 0 saturated carbocycles. The lowest BCUT2D eigenvalue weighted by molar-refractivity contribution is 0.133. The largest absolute Gasteiger partial charge is 0.577 e. The summed E-state index contributed by atoms with van der Waals surface area (Å²) in [6.45, 7) is 0.652. The van der Waals surface area contributed by atoms with Gasteiger partial charge in [-0.1, -0.05) is 25.3 Å². The third kappa shape index (κ3) is 7.66. The summed E-state index contributed by atoms with van der Waals surface area (Å²) >= 11 is 0. The molecule has 0 heterocycles. The second-order valence-corrected chi connectivity index (χ2v) is 6.38. The summed E-state index contributed by atoms with van der Waals surface area (Å²) in [5.74, 6) is -1.55. The van der Waals surface area contributed by atoms with Gasteiger partial charge < -0.3 is 13.3 Å². The highest BCUT2D eigenvalue weighted by Crippen LogP contribution is 2.12. The Bertz CT molecular complexity index is 401. The zero-order valence-corrected chi connectivity index (χ0v) is 13.7. The van der Waals surface area contributed by atoms with E-state index in [-0.39, 0.29) is 0 Å². The third-order valence-electron chi connectivity index (χ3n) is 3.15. The first-order chi connectivity index (χ1) is 10.2. The maximum absolute atomic E-state index is 13.0. The van der Waals surface area contributed by atoms with Gasteiger partial charge in [0, 0.05) is 20.8 Å². The van der Waals surface area contributed by atoms with E-state index in [2.05, 4.69) is 0 Å². The van der Waals surface area contributed by atoms with Crippen LogP contribution >= 0.6 is 0 Å². The van der Waals surface area contributed by atoms with Crippen LogP contribution in [0.15, 0.2) is 18.2 Å². The molecule has 0 spiro atoms. The highest BCUT2D eigenvalue weighted by Gasteiger charge is 2.13. The highest BCUT2D eigenvalue weighted by molar-refractivity contribution is 6.36. The van der Waals surface area contributed by atoms with Gasteiger partial charge in [-0.2, -0.15) is 0 Å². The van der Waals surface area contributed by atoms with Crippen LogP contribution in [0.4, 0.5) is 8.78 Å². The number of rotatable bonds is 11. The van der Waals surface area contributed by atoms with Crippen LogP contribution in [0, 0.1) is 11.6 Å². The molecule has 21 heavy (non-hydrogen) atoms. The molecule has 0 bridgehead atoms. The van der Waals surface area contributed by atoms with Gasteiger partial charge in [0.05, 0.1) is 0 Å². The number of benzene rings is 1. The van der Waals surface area contributed by atoms with Gasteiger partial charge in [-0.15, -0.1) is 0 Å². The first-order valence-electron chi connectivity index (χ1n) is 7.19. The summed E-state index contributed by atoms with van der Waals surface area (Å²) in [5.41, 5.74) is 0.852. The SMILES string of the molecule is CO[Si](OC)OCCCCCCCc1ccc(F)c(F)c1. The van der Waals surface area contributed by atoms with Crippen molar-refractivity contribution in [2.45, 2.75) is 38.5 Å². The molecule has 0 atom stereocenters. The Balaban J connectivity index is 2.01. The van der Waals surface area contributed by atoms with Crippen LogP contribution in [0.5, 0.6) is 0 Å². The van der Waals surface area contributed by atoms with Crippen LogP contribution in [0.3, 0.4) is 0 Å². The molecule has 0 saturated heterocycles. The van der Waals surface area contributed by atoms with Crippen LogP contribution in [-0.4, -0.2) is 30.4 Å². The number of halogens is 2. The molecular formula is C15H23F2O3Si. The van der Waals surface area contributed by atoms with Gasteiger partial charge >= 0.3 is 9.53 Å². The third-order valence-corrected chi connectivity index (χ3v) is 4.25. The summed E-state index contributed by atoms with van der Waals surface area (Å²) in [4.78, 5) is 0. The Labute approximate surface area is 127 Å². The minimum absolute atomic E-state index is 0.652. The standard InChI is InChI=1S/C15H23F2O3Si/c1-18-21(19-2)20-11-7-5-3-4-6-8-13-9-10-14(16)15(17)12-13/h9-10,12H,3-8,11H2,1-2H3. The Morgan fingerprint density at radius 1 is 0.905 bits per heavy atom. The van der Waals surface area contributed by atoms with Crippen LogP contribution in [0.1, 0.15) is 37.7 Å². The van der Waals surface area contributed by atoms with E-state index in [1.807, 2.05) is 0 Å². The van der Waals surface area contributed by atoms with E-state index in [9.17, 15) is 8.78 Å². The van der Waals surface area contributed by atoms with E-state index in [0.29, 0.717) is 6.61 Å². The topological polar surface area (TPSA) is 27.7 Å². The van der Waals surface area contributed by atoms with Crippen molar-refractivity contribution in [3.8, 4) is 0 Å². The van der Waals surface area contributed by atoms with Gasteiger partial charge in [0.15, 0.2) is 11.6 Å². The lowest BCUT2D eigenvalue weighted by Gasteiger charge is -2.09. The van der Waals surface area contributed by atoms with Gasteiger partial charge in [-0.05, 0) is 37.0 Å². The molecule has 1 aromatic rings. The lowest BCUT2D eigenvalue weighted by atomic mass is 10.1. The Morgan fingerprint density at radius 3 is 2.24 bits per heavy atom. The fraction of sp³-hybridized carbons (Fsp3) is 0.600. The van der Waals surface area contributed by atoms with Gasteiger partial charge in [0.25, 0.3) is 0 Å². The molecule has 1 rings (SSSR count). The summed E-state index contributed by atoms with van der Waals surface area (Å²) in [6, 6.07) is 4.11. The zero-order valence-electron chi connectivity index (χ0n) is 12.7. The number of aryl methyl sites for hydroxylation is 1. The molecule has 0 aliphatic heterocycles. The molecule has 0 fully saturated rings. The van der Waals surface area contributed by atoms with Crippen molar-refractivity contribution < 1.29 is 22.1 Å². The van der Waals surface area contributed by atoms with Crippen molar-refractivity contribution in [2.24, 2.45) is 0 Å². The summed E-state index contributed by atoms with van der Waals surface area (Å²) < 4.78 is 41.2. The molecule has 0 amide bonds. The average molecular weight is 317 g/mol. The lowest BCUT2D eigenvalue weighted by Crippen LogP contribution is -2.24. The van der Waals surface area contributed by atoms with Crippen molar-refractivity contribution in [1.82, 2.24) is 0 Å². The van der Waals surface area contributed by atoms with Gasteiger partial charge in [-0.3, -0.25) is 0 Å². The summed E-state index contributed by atoms with van der Waals surface area (Å²) in [6.07, 6.45) is 6.01. The van der Waals surface area contributed by atoms with Crippen molar-refractivity contribution >= 4 is 9.53 Å². The van der Waals surface area contributed by atoms with Crippen LogP contribution in [-0.2, 0) is 19.7 Å². The average Bonchev–Trinajstić information content (AvgIpc) is 2.49. The van der Waals surface area contributed by atoms with E-state index in [4.69, 9.17) is 13.3 Å². The fourth-order valence-electron chi connectivity index (χ4n) is 2.01. The molecular weight excluding hydrogens is 294 g/mol. The molecule has 1 aromatic carbocycles. The quantitative estimate of drug-likeness (QED) is 0.459. The molecule has 119 valence electrons. The molecule has 0 aromatic heterocycles. The van der Waals surface area contributed by atoms with Crippen molar-refractivity contribution in [3.63, 3.8) is 0 Å². The van der Waals surface area contributed by atoms with Crippen molar-refractivity contribution in [3.05, 3.63) is 35.4 Å². The van der Waals surface area contributed by atoms with Crippen LogP contribution < -0.4 is 0 Å². The Morgan fingerprint density at radius 2 is 1.57 bits per heavy atom. The zero-order chi connectivity index (χ0) is 15.5. The maximum atomic E-state index is 13.0. The molecule has 0 N–H and O–H groups in total. The highest BCUT2D eigenvalue weighted by atomic mass is 28.3. The van der Waals surface area contributed by atoms with E-state index < -0.39 is 21.2 Å². The minimum Gasteiger partial charge on any atom is -0.375 e. The van der Waals surface area contributed by atoms with E-state index >= 15 is 0 Å². The molecule has 0 unspecified atom stereocenters. The predicted molar refractivity (Wildman–Crippen MR) is 78.9 cm³/mol. The van der Waals surface area contributed by atoms with Gasteiger partial charge in [0.1, 0.15) is 0 Å². The predicted octanol–water partition coefficient (Wildman–Crippen LogP) is 3.75. The molecule has 0 aliphatic carbocycles. The molecule has 3 nitrogen and oxygen atoms in total. The smallest absolute Gasteiger partial charge is 0.375 e. The van der Waals surface area contributed by atoms with E-state index in [0.717, 1.165) is 44.1 Å². The fourth-order valence-corrected chi connectivity index (χ4v) is 2.73. The van der Waals surface area contributed by atoms with Crippen molar-refractivity contribution in [1.29, 1.82) is 0 Å². The normalized spacial score (nSPS) is 11.3. The number of unbranched alkanes of at least 4 members (excludes halogenated alkanes) is 4. The van der Waals surface area contributed by atoms with E-state index in [1.54, 1.807) is 20.3 Å². The van der Waals surface area contributed by atoms with E-state index in [1.165, 1.54) is 12.1 Å². The first-order valence-corrected chi connectivity index (χ1v) is 8.41. The number of hydrogen-bond donors (Lipinski definition) is 0. The molecule has 6 heteroatoms. The summed E-state index contributed by atoms with van der Waals surface area (Å²) in [7, 11) is 1.63. The Kier molecular flexibility index (Phi) is 9.41. The van der Waals surface area contributed by atoms with Crippen molar-refractivity contribution in [2.75, 3.05) is 20.8 Å². The Hall–Kier alpha value is -0.823. The maximum Gasteiger partial charge on any atom is 0.577 e. The minimum atomic E-state index is -1.53. The van der Waals surface area contributed by atoms with Gasteiger partial charge in [0.2, 0.25) is 0 Å². The summed E-state index contributed by atoms with van der Waals surface area (Å²) in [5, 5.41) is 0. The first kappa shape index (κ1) is 18.2. The molecule has 0 aliphatic rings. The van der Waals surface area contributed by atoms with Crippen LogP contribution in [0.25, 0.3) is 0 Å². The monoisotopic (exact) mass is 317 g/mol. The molecule has 1 radical (unpaired) electrons.